The number of hydrogen-bond acceptors (Lipinski definition) is 3. The number of nitrogens with one attached hydrogen (secondary N) is 1. The second kappa shape index (κ2) is 6.53. The molecule has 0 spiro atoms. The third-order valence-corrected chi connectivity index (χ3v) is 4.07. The summed E-state index contributed by atoms with van der Waals surface area (Å²) in [5.74, 6) is 0.847. The molecule has 1 aliphatic carbocycles. The summed E-state index contributed by atoms with van der Waals surface area (Å²) < 4.78 is 6.00. The zero-order valence-electron chi connectivity index (χ0n) is 11.4. The molecule has 4 nitrogen and oxygen atoms in total. The summed E-state index contributed by atoms with van der Waals surface area (Å²) in [6, 6.07) is 0. The van der Waals surface area contributed by atoms with Crippen molar-refractivity contribution in [2.24, 2.45) is 0 Å². The van der Waals surface area contributed by atoms with E-state index in [2.05, 4.69) is 9.97 Å². The average Bonchev–Trinajstić information content (AvgIpc) is 2.66. The van der Waals surface area contributed by atoms with Gasteiger partial charge in [-0.2, -0.15) is 0 Å². The fraction of sp³-hybridized carbons (Fsp3) is 0.714. The molecule has 1 aliphatic rings. The highest BCUT2D eigenvalue weighted by Gasteiger charge is 2.36. The number of rotatable bonds is 4. The summed E-state index contributed by atoms with van der Waals surface area (Å²) in [4.78, 5) is 19.2. The van der Waals surface area contributed by atoms with Crippen LogP contribution in [0.2, 0.25) is 0 Å². The molecule has 5 heteroatoms. The van der Waals surface area contributed by atoms with Crippen molar-refractivity contribution >= 4 is 11.6 Å². The lowest BCUT2D eigenvalue weighted by atomic mass is 9.93. The van der Waals surface area contributed by atoms with Gasteiger partial charge in [-0.3, -0.25) is 4.79 Å². The molecule has 0 radical (unpaired) electrons. The number of nitrogens with zero attached hydrogens (tertiary/aromatic N) is 1. The molecule has 106 valence electrons. The molecule has 0 amide bonds. The van der Waals surface area contributed by atoms with E-state index in [4.69, 9.17) is 16.3 Å². The average molecular weight is 285 g/mol. The summed E-state index contributed by atoms with van der Waals surface area (Å²) in [6.45, 7) is 2.61. The number of H-pyrrole nitrogens is 1. The van der Waals surface area contributed by atoms with Crippen LogP contribution in [0, 0.1) is 0 Å². The molecule has 1 aromatic rings. The molecule has 1 N–H and O–H groups in total. The van der Waals surface area contributed by atoms with E-state index in [0.717, 1.165) is 25.7 Å². The second-order valence-corrected chi connectivity index (χ2v) is 5.33. The fourth-order valence-corrected chi connectivity index (χ4v) is 2.96. The van der Waals surface area contributed by atoms with Gasteiger partial charge in [-0.25, -0.2) is 4.98 Å². The van der Waals surface area contributed by atoms with Gasteiger partial charge >= 0.3 is 0 Å². The van der Waals surface area contributed by atoms with Crippen molar-refractivity contribution in [2.75, 3.05) is 6.61 Å². The molecule has 19 heavy (non-hydrogen) atoms. The van der Waals surface area contributed by atoms with Crippen molar-refractivity contribution in [3.63, 3.8) is 0 Å². The maximum absolute atomic E-state index is 11.9. The van der Waals surface area contributed by atoms with Gasteiger partial charge in [0.1, 0.15) is 11.4 Å². The van der Waals surface area contributed by atoms with Crippen molar-refractivity contribution < 1.29 is 4.74 Å². The first-order chi connectivity index (χ1) is 9.22. The first-order valence-corrected chi connectivity index (χ1v) is 7.54. The van der Waals surface area contributed by atoms with Gasteiger partial charge in [-0.05, 0) is 19.8 Å². The Kier molecular flexibility index (Phi) is 4.99. The van der Waals surface area contributed by atoms with E-state index in [-0.39, 0.29) is 11.4 Å². The van der Waals surface area contributed by atoms with E-state index in [0.29, 0.717) is 18.0 Å². The molecule has 1 heterocycles. The quantitative estimate of drug-likeness (QED) is 0.683. The largest absolute Gasteiger partial charge is 0.367 e. The van der Waals surface area contributed by atoms with Crippen molar-refractivity contribution in [2.45, 2.75) is 56.9 Å². The van der Waals surface area contributed by atoms with Gasteiger partial charge in [0, 0.05) is 12.8 Å². The summed E-state index contributed by atoms with van der Waals surface area (Å²) in [7, 11) is 0. The Morgan fingerprint density at radius 2 is 2.05 bits per heavy atom. The van der Waals surface area contributed by atoms with Gasteiger partial charge in [0.2, 0.25) is 0 Å². The Morgan fingerprint density at radius 3 is 2.58 bits per heavy atom. The lowest BCUT2D eigenvalue weighted by Crippen LogP contribution is -2.34. The number of alkyl halides is 1. The van der Waals surface area contributed by atoms with E-state index in [9.17, 15) is 4.79 Å². The van der Waals surface area contributed by atoms with E-state index in [1.54, 1.807) is 6.20 Å². The minimum absolute atomic E-state index is 0.150. The minimum atomic E-state index is -0.421. The van der Waals surface area contributed by atoms with Crippen LogP contribution in [0.3, 0.4) is 0 Å². The van der Waals surface area contributed by atoms with Crippen LogP contribution in [0.1, 0.15) is 56.8 Å². The van der Waals surface area contributed by atoms with Gasteiger partial charge in [-0.15, -0.1) is 11.6 Å². The highest BCUT2D eigenvalue weighted by atomic mass is 35.5. The zero-order chi connectivity index (χ0) is 13.7. The predicted octanol–water partition coefficient (Wildman–Crippen LogP) is 3.09. The molecule has 0 unspecified atom stereocenters. The fourth-order valence-electron chi connectivity index (χ4n) is 2.77. The standard InChI is InChI=1S/C14H21ClN2O2/c1-2-19-14(7-5-3-4-6-8-14)13-16-10-11(9-15)12(18)17-13/h10H,2-9H2,1H3,(H,16,17,18). The molecule has 0 bridgehead atoms. The topological polar surface area (TPSA) is 55.0 Å². The van der Waals surface area contributed by atoms with Gasteiger partial charge < -0.3 is 9.72 Å². The van der Waals surface area contributed by atoms with Crippen LogP contribution < -0.4 is 5.56 Å². The van der Waals surface area contributed by atoms with Crippen molar-refractivity contribution in [1.82, 2.24) is 9.97 Å². The minimum Gasteiger partial charge on any atom is -0.367 e. The first kappa shape index (κ1) is 14.5. The lowest BCUT2D eigenvalue weighted by Gasteiger charge is -2.31. The van der Waals surface area contributed by atoms with Crippen LogP contribution >= 0.6 is 11.6 Å². The Balaban J connectivity index is 2.37. The van der Waals surface area contributed by atoms with Crippen LogP contribution in [0.5, 0.6) is 0 Å². The predicted molar refractivity (Wildman–Crippen MR) is 75.4 cm³/mol. The smallest absolute Gasteiger partial charge is 0.255 e. The Labute approximate surface area is 118 Å². The normalized spacial score (nSPS) is 19.1. The SMILES string of the molecule is CCOC1(c2ncc(CCl)c(=O)[nH]2)CCCCCC1. The van der Waals surface area contributed by atoms with Crippen molar-refractivity contribution in [3.05, 3.63) is 27.9 Å². The van der Waals surface area contributed by atoms with E-state index >= 15 is 0 Å². The molecule has 1 fully saturated rings. The third kappa shape index (κ3) is 3.18. The van der Waals surface area contributed by atoms with Crippen LogP contribution in [0.15, 0.2) is 11.0 Å². The van der Waals surface area contributed by atoms with E-state index in [1.807, 2.05) is 6.92 Å². The van der Waals surface area contributed by atoms with E-state index < -0.39 is 5.60 Å². The molecule has 0 atom stereocenters. The van der Waals surface area contributed by atoms with Gasteiger partial charge in [0.25, 0.3) is 5.56 Å². The third-order valence-electron chi connectivity index (χ3n) is 3.78. The maximum atomic E-state index is 11.9. The van der Waals surface area contributed by atoms with Gasteiger partial charge in [0.15, 0.2) is 0 Å². The molecule has 1 saturated carbocycles. The summed E-state index contributed by atoms with van der Waals surface area (Å²) in [5.41, 5.74) is -0.0658. The molecular weight excluding hydrogens is 264 g/mol. The molecular formula is C14H21ClN2O2. The van der Waals surface area contributed by atoms with Crippen LogP contribution in [-0.2, 0) is 16.2 Å². The van der Waals surface area contributed by atoms with Crippen LogP contribution in [-0.4, -0.2) is 16.6 Å². The Bertz CT molecular complexity index is 465. The van der Waals surface area contributed by atoms with Gasteiger partial charge in [-0.1, -0.05) is 25.7 Å². The number of halogens is 1. The lowest BCUT2D eigenvalue weighted by molar-refractivity contribution is -0.0626. The van der Waals surface area contributed by atoms with Crippen LogP contribution in [0.25, 0.3) is 0 Å². The van der Waals surface area contributed by atoms with Gasteiger partial charge in [0.05, 0.1) is 11.4 Å². The number of hydrogen-bond donors (Lipinski definition) is 1. The monoisotopic (exact) mass is 284 g/mol. The highest BCUT2D eigenvalue weighted by molar-refractivity contribution is 6.17. The van der Waals surface area contributed by atoms with Crippen molar-refractivity contribution in [3.8, 4) is 0 Å². The second-order valence-electron chi connectivity index (χ2n) is 5.06. The maximum Gasteiger partial charge on any atom is 0.255 e. The van der Waals surface area contributed by atoms with E-state index in [1.165, 1.54) is 12.8 Å². The Morgan fingerprint density at radius 1 is 1.37 bits per heavy atom. The molecule has 0 aliphatic heterocycles. The number of aromatic nitrogens is 2. The molecule has 1 aromatic heterocycles. The molecule has 2 rings (SSSR count). The number of ether oxygens (including phenoxy) is 1. The summed E-state index contributed by atoms with van der Waals surface area (Å²) in [6.07, 6.45) is 8.08. The Hall–Kier alpha value is -0.870. The summed E-state index contributed by atoms with van der Waals surface area (Å²) >= 11 is 5.70. The van der Waals surface area contributed by atoms with Crippen molar-refractivity contribution in [1.29, 1.82) is 0 Å². The molecule has 0 saturated heterocycles. The zero-order valence-corrected chi connectivity index (χ0v) is 12.1. The summed E-state index contributed by atoms with van der Waals surface area (Å²) in [5, 5.41) is 0. The highest BCUT2D eigenvalue weighted by Crippen LogP contribution is 2.37. The first-order valence-electron chi connectivity index (χ1n) is 7.00. The number of aromatic amines is 1. The molecule has 0 aromatic carbocycles. The van der Waals surface area contributed by atoms with Crippen LogP contribution in [0.4, 0.5) is 0 Å².